The quantitative estimate of drug-likeness (QED) is 0.792. The van der Waals surface area contributed by atoms with E-state index in [1.807, 2.05) is 12.1 Å². The second kappa shape index (κ2) is 6.13. The van der Waals surface area contributed by atoms with Gasteiger partial charge >= 0.3 is 0 Å². The number of ether oxygens (including phenoxy) is 1. The molecule has 0 spiro atoms. The highest BCUT2D eigenvalue weighted by Crippen LogP contribution is 2.30. The number of hydrogen-bond acceptors (Lipinski definition) is 4. The molecule has 0 saturated heterocycles. The van der Waals surface area contributed by atoms with E-state index in [2.05, 4.69) is 31.1 Å². The summed E-state index contributed by atoms with van der Waals surface area (Å²) in [5.74, 6) is 2.69. The van der Waals surface area contributed by atoms with Gasteiger partial charge in [-0.15, -0.1) is 0 Å². The van der Waals surface area contributed by atoms with Crippen LogP contribution in [0.5, 0.6) is 5.88 Å². The van der Waals surface area contributed by atoms with E-state index in [0.29, 0.717) is 29.4 Å². The third-order valence-electron chi connectivity index (χ3n) is 3.62. The Morgan fingerprint density at radius 3 is 2.74 bits per heavy atom. The molecule has 1 aliphatic carbocycles. The average molecular weight is 263 g/mol. The summed E-state index contributed by atoms with van der Waals surface area (Å²) < 4.78 is 5.70. The lowest BCUT2D eigenvalue weighted by Crippen LogP contribution is -2.25. The van der Waals surface area contributed by atoms with Crippen molar-refractivity contribution in [3.05, 3.63) is 12.1 Å². The molecule has 1 aromatic rings. The lowest BCUT2D eigenvalue weighted by atomic mass is 10.0. The molecule has 0 amide bonds. The Morgan fingerprint density at radius 2 is 2.16 bits per heavy atom. The standard InChI is InChI=1S/C15H25N3O/c1-4-13(10(2)3)17-14-8-7-12(16)15(18-14)19-9-11-5-6-11/h7-8,10-11,13H,4-6,9,16H2,1-3H3,(H,17,18). The van der Waals surface area contributed by atoms with Gasteiger partial charge < -0.3 is 15.8 Å². The summed E-state index contributed by atoms with van der Waals surface area (Å²) in [5.41, 5.74) is 6.52. The van der Waals surface area contributed by atoms with Crippen LogP contribution in [0.1, 0.15) is 40.0 Å². The summed E-state index contributed by atoms with van der Waals surface area (Å²) in [5, 5.41) is 3.45. The van der Waals surface area contributed by atoms with E-state index in [1.54, 1.807) is 0 Å². The predicted molar refractivity (Wildman–Crippen MR) is 79.4 cm³/mol. The van der Waals surface area contributed by atoms with Crippen LogP contribution in [0.25, 0.3) is 0 Å². The molecule has 0 aromatic carbocycles. The fraction of sp³-hybridized carbons (Fsp3) is 0.667. The largest absolute Gasteiger partial charge is 0.476 e. The summed E-state index contributed by atoms with van der Waals surface area (Å²) in [4.78, 5) is 4.48. The van der Waals surface area contributed by atoms with E-state index in [1.165, 1.54) is 12.8 Å². The Morgan fingerprint density at radius 1 is 1.42 bits per heavy atom. The molecule has 0 radical (unpaired) electrons. The lowest BCUT2D eigenvalue weighted by Gasteiger charge is -2.21. The second-order valence-electron chi connectivity index (χ2n) is 5.75. The smallest absolute Gasteiger partial charge is 0.239 e. The SMILES string of the molecule is CCC(Nc1ccc(N)c(OCC2CC2)n1)C(C)C. The molecule has 1 aliphatic rings. The average Bonchev–Trinajstić information content (AvgIpc) is 3.19. The van der Waals surface area contributed by atoms with Crippen molar-refractivity contribution in [3.8, 4) is 5.88 Å². The maximum atomic E-state index is 5.90. The maximum absolute atomic E-state index is 5.90. The number of pyridine rings is 1. The molecule has 4 nitrogen and oxygen atoms in total. The molecular weight excluding hydrogens is 238 g/mol. The first-order valence-corrected chi connectivity index (χ1v) is 7.26. The fourth-order valence-electron chi connectivity index (χ4n) is 2.06. The van der Waals surface area contributed by atoms with Crippen LogP contribution >= 0.6 is 0 Å². The summed E-state index contributed by atoms with van der Waals surface area (Å²) in [6.45, 7) is 7.34. The zero-order valence-electron chi connectivity index (χ0n) is 12.1. The normalized spacial score (nSPS) is 16.4. The summed E-state index contributed by atoms with van der Waals surface area (Å²) >= 11 is 0. The number of nitrogens with one attached hydrogen (secondary N) is 1. The number of rotatable bonds is 7. The number of hydrogen-bond donors (Lipinski definition) is 2. The molecule has 3 N–H and O–H groups in total. The summed E-state index contributed by atoms with van der Waals surface area (Å²) in [7, 11) is 0. The van der Waals surface area contributed by atoms with Crippen molar-refractivity contribution in [2.24, 2.45) is 11.8 Å². The zero-order chi connectivity index (χ0) is 13.8. The highest BCUT2D eigenvalue weighted by molar-refractivity contribution is 5.53. The van der Waals surface area contributed by atoms with Crippen LogP contribution < -0.4 is 15.8 Å². The minimum absolute atomic E-state index is 0.424. The third kappa shape index (κ3) is 4.01. The van der Waals surface area contributed by atoms with E-state index in [-0.39, 0.29) is 0 Å². The summed E-state index contributed by atoms with van der Waals surface area (Å²) in [6.07, 6.45) is 3.61. The van der Waals surface area contributed by atoms with Crippen molar-refractivity contribution in [1.29, 1.82) is 0 Å². The molecule has 1 atom stereocenters. The molecule has 106 valence electrons. The van der Waals surface area contributed by atoms with Gasteiger partial charge in [-0.3, -0.25) is 0 Å². The minimum Gasteiger partial charge on any atom is -0.476 e. The molecule has 1 aromatic heterocycles. The van der Waals surface area contributed by atoms with Crippen molar-refractivity contribution >= 4 is 11.5 Å². The van der Waals surface area contributed by atoms with Crippen LogP contribution in [-0.4, -0.2) is 17.6 Å². The highest BCUT2D eigenvalue weighted by atomic mass is 16.5. The Balaban J connectivity index is 2.01. The van der Waals surface area contributed by atoms with Crippen LogP contribution in [0.4, 0.5) is 11.5 Å². The van der Waals surface area contributed by atoms with E-state index >= 15 is 0 Å². The Bertz CT molecular complexity index is 416. The zero-order valence-corrected chi connectivity index (χ0v) is 12.1. The second-order valence-corrected chi connectivity index (χ2v) is 5.75. The Kier molecular flexibility index (Phi) is 4.51. The summed E-state index contributed by atoms with van der Waals surface area (Å²) in [6, 6.07) is 4.21. The van der Waals surface area contributed by atoms with E-state index in [4.69, 9.17) is 10.5 Å². The molecule has 1 heterocycles. The molecular formula is C15H25N3O. The first-order chi connectivity index (χ1) is 9.10. The predicted octanol–water partition coefficient (Wildman–Crippen LogP) is 3.30. The molecule has 0 bridgehead atoms. The monoisotopic (exact) mass is 263 g/mol. The van der Waals surface area contributed by atoms with Gasteiger partial charge in [-0.25, -0.2) is 0 Å². The van der Waals surface area contributed by atoms with Gasteiger partial charge in [0.2, 0.25) is 5.88 Å². The maximum Gasteiger partial charge on any atom is 0.239 e. The van der Waals surface area contributed by atoms with E-state index < -0.39 is 0 Å². The third-order valence-corrected chi connectivity index (χ3v) is 3.62. The number of nitrogens with two attached hydrogens (primary N) is 1. The number of aromatic nitrogens is 1. The molecule has 2 rings (SSSR count). The molecule has 1 fully saturated rings. The van der Waals surface area contributed by atoms with Crippen molar-refractivity contribution in [2.75, 3.05) is 17.7 Å². The Labute approximate surface area is 115 Å². The minimum atomic E-state index is 0.424. The van der Waals surface area contributed by atoms with Gasteiger partial charge in [-0.05, 0) is 43.2 Å². The van der Waals surface area contributed by atoms with Crippen LogP contribution in [0.2, 0.25) is 0 Å². The van der Waals surface area contributed by atoms with Gasteiger partial charge in [0, 0.05) is 6.04 Å². The topological polar surface area (TPSA) is 60.2 Å². The first kappa shape index (κ1) is 14.0. The lowest BCUT2D eigenvalue weighted by molar-refractivity contribution is 0.290. The van der Waals surface area contributed by atoms with Crippen molar-refractivity contribution in [1.82, 2.24) is 4.98 Å². The number of nitrogens with zero attached hydrogens (tertiary/aromatic N) is 1. The first-order valence-electron chi connectivity index (χ1n) is 7.26. The van der Waals surface area contributed by atoms with Gasteiger partial charge in [0.15, 0.2) is 0 Å². The van der Waals surface area contributed by atoms with Gasteiger partial charge in [0.05, 0.1) is 12.3 Å². The van der Waals surface area contributed by atoms with E-state index in [0.717, 1.165) is 18.8 Å². The number of anilines is 2. The van der Waals surface area contributed by atoms with Crippen molar-refractivity contribution in [2.45, 2.75) is 46.1 Å². The molecule has 4 heteroatoms. The molecule has 0 aliphatic heterocycles. The van der Waals surface area contributed by atoms with Crippen LogP contribution in [0.3, 0.4) is 0 Å². The molecule has 1 saturated carbocycles. The molecule has 1 unspecified atom stereocenters. The fourth-order valence-corrected chi connectivity index (χ4v) is 2.06. The van der Waals surface area contributed by atoms with Crippen LogP contribution in [-0.2, 0) is 0 Å². The van der Waals surface area contributed by atoms with Crippen molar-refractivity contribution in [3.63, 3.8) is 0 Å². The highest BCUT2D eigenvalue weighted by Gasteiger charge is 2.22. The van der Waals surface area contributed by atoms with Gasteiger partial charge in [-0.1, -0.05) is 20.8 Å². The van der Waals surface area contributed by atoms with E-state index in [9.17, 15) is 0 Å². The van der Waals surface area contributed by atoms with Crippen LogP contribution in [0.15, 0.2) is 12.1 Å². The van der Waals surface area contributed by atoms with Gasteiger partial charge in [-0.2, -0.15) is 4.98 Å². The Hall–Kier alpha value is -1.45. The van der Waals surface area contributed by atoms with Crippen LogP contribution in [0, 0.1) is 11.8 Å². The van der Waals surface area contributed by atoms with Gasteiger partial charge in [0.25, 0.3) is 0 Å². The number of nitrogen functional groups attached to an aromatic ring is 1. The van der Waals surface area contributed by atoms with Gasteiger partial charge in [0.1, 0.15) is 5.82 Å². The molecule has 19 heavy (non-hydrogen) atoms. The van der Waals surface area contributed by atoms with Crippen molar-refractivity contribution < 1.29 is 4.74 Å².